The number of ether oxygens (including phenoxy) is 1. The van der Waals surface area contributed by atoms with Gasteiger partial charge in [0.1, 0.15) is 27.4 Å². The molecule has 2 aromatic rings. The molecule has 0 fully saturated rings. The summed E-state index contributed by atoms with van der Waals surface area (Å²) in [5.74, 6) is -1.64. The second kappa shape index (κ2) is 10.0. The number of hydrogen-bond acceptors (Lipinski definition) is 5. The van der Waals surface area contributed by atoms with Crippen LogP contribution in [0.5, 0.6) is 5.75 Å². The number of benzene rings is 2. The first-order chi connectivity index (χ1) is 13.7. The van der Waals surface area contributed by atoms with Crippen molar-refractivity contribution >= 4 is 21.7 Å². The Hall–Kier alpha value is -2.94. The second-order valence-corrected chi connectivity index (χ2v) is 8.71. The molecule has 9 heteroatoms. The summed E-state index contributed by atoms with van der Waals surface area (Å²) in [7, 11) is -1.94. The minimum atomic E-state index is -3.36. The van der Waals surface area contributed by atoms with E-state index in [1.807, 2.05) is 0 Å². The van der Waals surface area contributed by atoms with E-state index in [1.165, 1.54) is 31.4 Å². The van der Waals surface area contributed by atoms with Crippen molar-refractivity contribution in [2.75, 3.05) is 19.1 Å². The third-order valence-electron chi connectivity index (χ3n) is 4.16. The van der Waals surface area contributed by atoms with Gasteiger partial charge in [-0.05, 0) is 24.6 Å². The molecule has 1 unspecified atom stereocenters. The molecule has 0 spiro atoms. The smallest absolute Gasteiger partial charge is 0.255 e. The number of carbonyl (C=O) groups excluding carboxylic acids is 2. The highest BCUT2D eigenvalue weighted by atomic mass is 32.2. The van der Waals surface area contributed by atoms with Crippen LogP contribution in [0.25, 0.3) is 0 Å². The number of halogens is 1. The van der Waals surface area contributed by atoms with Crippen molar-refractivity contribution in [1.82, 2.24) is 10.6 Å². The van der Waals surface area contributed by atoms with Crippen LogP contribution in [0.2, 0.25) is 0 Å². The van der Waals surface area contributed by atoms with Crippen LogP contribution >= 0.6 is 0 Å². The van der Waals surface area contributed by atoms with Crippen LogP contribution in [-0.2, 0) is 21.2 Å². The van der Waals surface area contributed by atoms with Crippen molar-refractivity contribution in [3.05, 3.63) is 65.5 Å². The van der Waals surface area contributed by atoms with Gasteiger partial charge in [-0.15, -0.1) is 0 Å². The Bertz CT molecular complexity index is 978. The van der Waals surface area contributed by atoms with Crippen LogP contribution in [0.3, 0.4) is 0 Å². The van der Waals surface area contributed by atoms with Gasteiger partial charge >= 0.3 is 0 Å². The lowest BCUT2D eigenvalue weighted by molar-refractivity contribution is -0.123. The van der Waals surface area contributed by atoms with E-state index in [1.54, 1.807) is 24.3 Å². The zero-order valence-electron chi connectivity index (χ0n) is 16.1. The molecule has 2 N–H and O–H groups in total. The molecule has 0 radical (unpaired) electrons. The highest BCUT2D eigenvalue weighted by Gasteiger charge is 2.24. The summed E-state index contributed by atoms with van der Waals surface area (Å²) in [6.07, 6.45) is 0.923. The molecule has 2 aromatic carbocycles. The number of amides is 2. The molecule has 0 aliphatic rings. The Balaban J connectivity index is 2.14. The summed E-state index contributed by atoms with van der Waals surface area (Å²) in [4.78, 5) is 25.2. The van der Waals surface area contributed by atoms with Gasteiger partial charge in [-0.1, -0.05) is 30.3 Å². The largest absolute Gasteiger partial charge is 0.496 e. The summed E-state index contributed by atoms with van der Waals surface area (Å²) in [5, 5.41) is 5.08. The Morgan fingerprint density at radius 2 is 1.76 bits per heavy atom. The molecule has 29 heavy (non-hydrogen) atoms. The van der Waals surface area contributed by atoms with Gasteiger partial charge in [0.2, 0.25) is 5.91 Å². The molecule has 2 amide bonds. The molecule has 2 rings (SSSR count). The third kappa shape index (κ3) is 6.86. The van der Waals surface area contributed by atoms with Crippen LogP contribution in [0, 0.1) is 5.82 Å². The number of hydrogen-bond donors (Lipinski definition) is 2. The maximum absolute atomic E-state index is 13.7. The van der Waals surface area contributed by atoms with Crippen LogP contribution in [0.1, 0.15) is 22.3 Å². The monoisotopic (exact) mass is 422 g/mol. The van der Waals surface area contributed by atoms with Gasteiger partial charge in [0.05, 0.1) is 18.4 Å². The molecule has 0 aliphatic carbocycles. The fourth-order valence-electron chi connectivity index (χ4n) is 2.62. The van der Waals surface area contributed by atoms with Gasteiger partial charge in [-0.25, -0.2) is 12.8 Å². The van der Waals surface area contributed by atoms with E-state index in [9.17, 15) is 22.4 Å². The van der Waals surface area contributed by atoms with Gasteiger partial charge in [0, 0.05) is 18.4 Å². The van der Waals surface area contributed by atoms with E-state index < -0.39 is 33.5 Å². The van der Waals surface area contributed by atoms with Gasteiger partial charge in [-0.2, -0.15) is 0 Å². The minimum absolute atomic E-state index is 0.0919. The Morgan fingerprint density at radius 1 is 1.10 bits per heavy atom. The number of sulfone groups is 1. The molecule has 0 aliphatic heterocycles. The molecule has 0 heterocycles. The van der Waals surface area contributed by atoms with E-state index >= 15 is 0 Å². The first-order valence-electron chi connectivity index (χ1n) is 8.84. The van der Waals surface area contributed by atoms with Gasteiger partial charge in [-0.3, -0.25) is 9.59 Å². The maximum atomic E-state index is 13.7. The minimum Gasteiger partial charge on any atom is -0.496 e. The molecule has 0 saturated heterocycles. The SMILES string of the molecule is COc1ccccc1C(=O)NC(CCS(C)(=O)=O)C(=O)NCc1ccccc1F. The standard InChI is InChI=1S/C20H23FN2O5S/c1-28-18-10-6-4-8-15(18)19(24)23-17(11-12-29(2,26)27)20(25)22-13-14-7-3-5-9-16(14)21/h3-10,17H,11-13H2,1-2H3,(H,22,25)(H,23,24). The van der Waals surface area contributed by atoms with E-state index in [-0.39, 0.29) is 29.8 Å². The molecular formula is C20H23FN2O5S. The molecule has 1 atom stereocenters. The molecule has 0 saturated carbocycles. The number of methoxy groups -OCH3 is 1. The average Bonchev–Trinajstić information content (AvgIpc) is 2.69. The van der Waals surface area contributed by atoms with Gasteiger partial charge in [0.15, 0.2) is 0 Å². The van der Waals surface area contributed by atoms with Crippen molar-refractivity contribution in [3.63, 3.8) is 0 Å². The fraction of sp³-hybridized carbons (Fsp3) is 0.300. The summed E-state index contributed by atoms with van der Waals surface area (Å²) >= 11 is 0. The van der Waals surface area contributed by atoms with Crippen molar-refractivity contribution in [2.45, 2.75) is 19.0 Å². The van der Waals surface area contributed by atoms with Crippen molar-refractivity contribution < 1.29 is 27.1 Å². The van der Waals surface area contributed by atoms with Crippen molar-refractivity contribution in [1.29, 1.82) is 0 Å². The Morgan fingerprint density at radius 3 is 2.41 bits per heavy atom. The van der Waals surface area contributed by atoms with Gasteiger partial charge < -0.3 is 15.4 Å². The quantitative estimate of drug-likeness (QED) is 0.640. The summed E-state index contributed by atoms with van der Waals surface area (Å²) in [6, 6.07) is 11.3. The van der Waals surface area contributed by atoms with E-state index in [0.29, 0.717) is 5.75 Å². The van der Waals surface area contributed by atoms with Crippen molar-refractivity contribution in [2.24, 2.45) is 0 Å². The normalized spacial score (nSPS) is 12.1. The number of nitrogens with one attached hydrogen (secondary N) is 2. The van der Waals surface area contributed by atoms with Crippen molar-refractivity contribution in [3.8, 4) is 5.75 Å². The van der Waals surface area contributed by atoms with E-state index in [4.69, 9.17) is 4.74 Å². The average molecular weight is 422 g/mol. The van der Waals surface area contributed by atoms with Crippen LogP contribution in [0.15, 0.2) is 48.5 Å². The third-order valence-corrected chi connectivity index (χ3v) is 5.14. The molecule has 0 bridgehead atoms. The molecule has 0 aromatic heterocycles. The number of para-hydroxylation sites is 1. The zero-order chi connectivity index (χ0) is 21.4. The summed E-state index contributed by atoms with van der Waals surface area (Å²) in [5.41, 5.74) is 0.486. The molecule has 7 nitrogen and oxygen atoms in total. The summed E-state index contributed by atoms with van der Waals surface area (Å²) in [6.45, 7) is -0.0919. The second-order valence-electron chi connectivity index (χ2n) is 6.45. The van der Waals surface area contributed by atoms with Crippen LogP contribution < -0.4 is 15.4 Å². The zero-order valence-corrected chi connectivity index (χ0v) is 17.0. The topological polar surface area (TPSA) is 102 Å². The summed E-state index contributed by atoms with van der Waals surface area (Å²) < 4.78 is 41.9. The Kier molecular flexibility index (Phi) is 7.72. The van der Waals surface area contributed by atoms with Crippen LogP contribution in [0.4, 0.5) is 4.39 Å². The highest BCUT2D eigenvalue weighted by molar-refractivity contribution is 7.90. The lowest BCUT2D eigenvalue weighted by Gasteiger charge is -2.19. The predicted octanol–water partition coefficient (Wildman–Crippen LogP) is 1.68. The number of rotatable bonds is 9. The van der Waals surface area contributed by atoms with Gasteiger partial charge in [0.25, 0.3) is 5.91 Å². The van der Waals surface area contributed by atoms with E-state index in [2.05, 4.69) is 10.6 Å². The molecular weight excluding hydrogens is 399 g/mol. The first-order valence-corrected chi connectivity index (χ1v) is 10.9. The first kappa shape index (κ1) is 22.4. The number of carbonyl (C=O) groups is 2. The maximum Gasteiger partial charge on any atom is 0.255 e. The highest BCUT2D eigenvalue weighted by Crippen LogP contribution is 2.17. The van der Waals surface area contributed by atoms with Crippen LogP contribution in [-0.4, -0.2) is 45.4 Å². The Labute approximate surface area is 169 Å². The lowest BCUT2D eigenvalue weighted by Crippen LogP contribution is -2.47. The van der Waals surface area contributed by atoms with E-state index in [0.717, 1.165) is 6.26 Å². The molecule has 156 valence electrons. The predicted molar refractivity (Wildman–Crippen MR) is 107 cm³/mol. The fourth-order valence-corrected chi connectivity index (χ4v) is 3.28. The lowest BCUT2D eigenvalue weighted by atomic mass is 10.1.